The maximum atomic E-state index is 15.1. The predicted molar refractivity (Wildman–Crippen MR) is 141 cm³/mol. The molecule has 5 rings (SSSR count). The number of hydrogen-bond donors (Lipinski definition) is 2. The Morgan fingerprint density at radius 2 is 1.85 bits per heavy atom. The minimum Gasteiger partial charge on any atom is -0.480 e. The van der Waals surface area contributed by atoms with Crippen molar-refractivity contribution in [3.05, 3.63) is 39.9 Å². The second-order valence-electron chi connectivity index (χ2n) is 10.1. The van der Waals surface area contributed by atoms with Crippen LogP contribution >= 0.6 is 11.8 Å². The Hall–Kier alpha value is -2.61. The summed E-state index contributed by atoms with van der Waals surface area (Å²) in [7, 11) is 0. The van der Waals surface area contributed by atoms with Gasteiger partial charge in [0.05, 0.1) is 17.5 Å². The molecule has 3 fully saturated rings. The van der Waals surface area contributed by atoms with Crippen LogP contribution in [-0.2, 0) is 16.1 Å². The summed E-state index contributed by atoms with van der Waals surface area (Å²) >= 11 is 1.44. The number of carboxylic acid groups (broad SMARTS) is 2. The second kappa shape index (κ2) is 10.8. The third kappa shape index (κ3) is 4.94. The van der Waals surface area contributed by atoms with Gasteiger partial charge in [-0.25, -0.2) is 14.0 Å². The summed E-state index contributed by atoms with van der Waals surface area (Å²) in [6.07, 6.45) is 2.91. The average molecular weight is 569 g/mol. The van der Waals surface area contributed by atoms with Gasteiger partial charge in [0.25, 0.3) is 5.91 Å². The first-order valence-corrected chi connectivity index (χ1v) is 13.2. The van der Waals surface area contributed by atoms with Gasteiger partial charge in [-0.1, -0.05) is 0 Å². The number of thioether (sulfide) groups is 1. The molecule has 1 aromatic carbocycles. The number of fused-ring (bicyclic) bond motifs is 2. The average Bonchev–Trinajstić information content (AvgIpc) is 3.12. The number of carbonyl (C=O) groups is 3. The van der Waals surface area contributed by atoms with Crippen LogP contribution in [0.2, 0.25) is 0 Å². The number of benzene rings is 1. The number of anilines is 1. The smallest absolute Gasteiger partial charge is 0.480 e. The number of carbonyl (C=O) groups excluding carboxylic acids is 1. The molecule has 2 N–H and O–H groups in total. The molecule has 2 aromatic rings. The van der Waals surface area contributed by atoms with Crippen LogP contribution in [0.15, 0.2) is 28.1 Å². The fraction of sp³-hybridized carbons (Fsp3) is 0.480. The zero-order chi connectivity index (χ0) is 27.5. The van der Waals surface area contributed by atoms with E-state index in [0.717, 1.165) is 6.07 Å². The van der Waals surface area contributed by atoms with E-state index in [0.29, 0.717) is 43.9 Å². The Kier molecular flexibility index (Phi) is 8.10. The van der Waals surface area contributed by atoms with Gasteiger partial charge in [-0.05, 0) is 32.9 Å². The first kappa shape index (κ1) is 29.4. The first-order valence-electron chi connectivity index (χ1n) is 12.3. The first-order chi connectivity index (χ1) is 17.9. The monoisotopic (exact) mass is 568 g/mol. The number of aromatic carboxylic acids is 1. The Morgan fingerprint density at radius 3 is 2.44 bits per heavy atom. The van der Waals surface area contributed by atoms with Crippen LogP contribution in [0.3, 0.4) is 0 Å². The van der Waals surface area contributed by atoms with E-state index in [9.17, 15) is 29.4 Å². The van der Waals surface area contributed by atoms with Crippen molar-refractivity contribution in [2.75, 3.05) is 31.1 Å². The number of aryl methyl sites for hydroxylation is 1. The quantitative estimate of drug-likeness (QED) is 0.185. The minimum absolute atomic E-state index is 0. The summed E-state index contributed by atoms with van der Waals surface area (Å²) in [6, 6.07) is 1.20. The number of rotatable bonds is 6. The van der Waals surface area contributed by atoms with E-state index >= 15 is 4.39 Å². The van der Waals surface area contributed by atoms with Crippen molar-refractivity contribution in [3.8, 4) is 0 Å². The summed E-state index contributed by atoms with van der Waals surface area (Å²) in [5.74, 6) is -3.26. The Morgan fingerprint density at radius 1 is 1.18 bits per heavy atom. The van der Waals surface area contributed by atoms with Crippen LogP contribution < -0.4 is 39.9 Å². The molecule has 3 atom stereocenters. The molecule has 14 heteroatoms. The van der Waals surface area contributed by atoms with Crippen LogP contribution in [0, 0.1) is 5.82 Å². The molecule has 1 amide bonds. The summed E-state index contributed by atoms with van der Waals surface area (Å²) in [5.41, 5.74) is -0.322. The number of aliphatic imine (C=N–C) groups is 1. The van der Waals surface area contributed by atoms with Crippen molar-refractivity contribution in [3.63, 3.8) is 0 Å². The van der Waals surface area contributed by atoms with E-state index in [1.54, 1.807) is 17.0 Å². The van der Waals surface area contributed by atoms with Gasteiger partial charge in [-0.2, -0.15) is 0 Å². The van der Waals surface area contributed by atoms with Crippen LogP contribution in [0.4, 0.5) is 10.1 Å². The Balaban J connectivity index is 0.00000353. The molecule has 0 unspecified atom stereocenters. The van der Waals surface area contributed by atoms with E-state index in [4.69, 9.17) is 0 Å². The number of hydrogen-bond acceptors (Lipinski definition) is 7. The second-order valence-corrected chi connectivity index (χ2v) is 11.9. The molecule has 0 radical (unpaired) electrons. The number of piperazine rings is 1. The number of aliphatic carboxylic acids is 1. The summed E-state index contributed by atoms with van der Waals surface area (Å²) < 4.78 is 16.1. The molecule has 3 aliphatic rings. The largest absolute Gasteiger partial charge is 1.00 e. The molecular formula is C25H28FN5NaO6S+. The van der Waals surface area contributed by atoms with E-state index in [2.05, 4.69) is 4.99 Å². The molecule has 202 valence electrons. The molecule has 0 saturated carbocycles. The summed E-state index contributed by atoms with van der Waals surface area (Å²) in [6.45, 7) is 7.83. The van der Waals surface area contributed by atoms with Crippen molar-refractivity contribution >= 4 is 52.5 Å². The van der Waals surface area contributed by atoms with E-state index in [-0.39, 0.29) is 46.2 Å². The van der Waals surface area contributed by atoms with Gasteiger partial charge in [-0.3, -0.25) is 14.6 Å². The number of pyridine rings is 1. The van der Waals surface area contributed by atoms with Crippen LogP contribution in [0.5, 0.6) is 0 Å². The van der Waals surface area contributed by atoms with Crippen molar-refractivity contribution in [2.45, 2.75) is 49.5 Å². The standard InChI is InChI=1S/C25H28FN5O6S.Na/c1-4-29-11-14(23(34)35)19(32)13-9-15(26)17(10-16(13)29)30-7-5-28(6-8-30)12-27-18-21(33)31-20(24(36)37)25(2,3)38-22(18)31;/h9-12,18,20,22H,4-8H2,1-3H3,(H,34,35)(H,36,37);/q;+1/t18-,20+,22-;/m1./s1. The number of nitrogens with zero attached hydrogens (tertiary/aromatic N) is 5. The van der Waals surface area contributed by atoms with Crippen molar-refractivity contribution in [1.29, 1.82) is 0 Å². The number of halogens is 1. The zero-order valence-corrected chi connectivity index (χ0v) is 24.9. The van der Waals surface area contributed by atoms with Crippen LogP contribution in [0.25, 0.3) is 10.9 Å². The molecule has 11 nitrogen and oxygen atoms in total. The molecule has 3 aliphatic heterocycles. The molecule has 3 saturated heterocycles. The number of β-lactam (4-membered cyclic amide) rings is 1. The summed E-state index contributed by atoms with van der Waals surface area (Å²) in [4.78, 5) is 58.0. The van der Waals surface area contributed by atoms with Crippen LogP contribution in [0.1, 0.15) is 31.1 Å². The number of amides is 1. The number of aromatic nitrogens is 1. The van der Waals surface area contributed by atoms with E-state index < -0.39 is 45.6 Å². The van der Waals surface area contributed by atoms with Crippen molar-refractivity contribution in [2.24, 2.45) is 4.99 Å². The molecule has 0 spiro atoms. The number of carboxylic acids is 2. The van der Waals surface area contributed by atoms with Gasteiger partial charge >= 0.3 is 41.5 Å². The maximum absolute atomic E-state index is 15.1. The van der Waals surface area contributed by atoms with E-state index in [1.165, 1.54) is 22.9 Å². The van der Waals surface area contributed by atoms with Gasteiger partial charge in [0.2, 0.25) is 5.43 Å². The fourth-order valence-corrected chi connectivity index (χ4v) is 7.05. The normalized spacial score (nSPS) is 24.1. The Bertz CT molecular complexity index is 1440. The molecular weight excluding hydrogens is 540 g/mol. The molecule has 1 aromatic heterocycles. The zero-order valence-electron chi connectivity index (χ0n) is 22.1. The predicted octanol–water partition coefficient (Wildman–Crippen LogP) is -1.47. The van der Waals surface area contributed by atoms with Gasteiger partial charge in [0.15, 0.2) is 6.04 Å². The van der Waals surface area contributed by atoms with Crippen molar-refractivity contribution < 1.29 is 58.5 Å². The van der Waals surface area contributed by atoms with Gasteiger partial charge < -0.3 is 29.5 Å². The molecule has 39 heavy (non-hydrogen) atoms. The van der Waals surface area contributed by atoms with Gasteiger partial charge in [0, 0.05) is 49.1 Å². The maximum Gasteiger partial charge on any atom is 1.00 e. The topological polar surface area (TPSA) is 136 Å². The summed E-state index contributed by atoms with van der Waals surface area (Å²) in [5, 5.41) is 18.6. The SMILES string of the molecule is CCn1cc(C(=O)O)c(=O)c2cc(F)c(N3CCN(C=N[C@@H]4C(=O)N5[C@@H]4SC(C)(C)[C@@H]5C(=O)O)CC3)cc21.[Na+]. The third-order valence-corrected chi connectivity index (χ3v) is 8.97. The third-order valence-electron chi connectivity index (χ3n) is 7.41. The van der Waals surface area contributed by atoms with Crippen molar-refractivity contribution in [1.82, 2.24) is 14.4 Å². The fourth-order valence-electron chi connectivity index (χ4n) is 5.43. The Labute approximate surface area is 249 Å². The minimum atomic E-state index is -1.35. The van der Waals surface area contributed by atoms with Gasteiger partial charge in [-0.15, -0.1) is 11.8 Å². The molecule has 0 aliphatic carbocycles. The van der Waals surface area contributed by atoms with Crippen LogP contribution in [-0.4, -0.2) is 97.1 Å². The van der Waals surface area contributed by atoms with Gasteiger partial charge in [0.1, 0.15) is 22.8 Å². The molecule has 4 heterocycles. The van der Waals surface area contributed by atoms with E-state index in [1.807, 2.05) is 30.6 Å². The molecule has 0 bridgehead atoms.